The van der Waals surface area contributed by atoms with Crippen molar-refractivity contribution in [3.8, 4) is 0 Å². The molecule has 2 aromatic rings. The normalized spacial score (nSPS) is 15.4. The Labute approximate surface area is 169 Å². The van der Waals surface area contributed by atoms with Crippen molar-refractivity contribution >= 4 is 28.9 Å². The molecule has 8 heteroatoms. The number of piperazine rings is 1. The van der Waals surface area contributed by atoms with E-state index in [4.69, 9.17) is 11.6 Å². The zero-order valence-corrected chi connectivity index (χ0v) is 16.5. The van der Waals surface area contributed by atoms with Crippen LogP contribution in [0.1, 0.15) is 11.1 Å². The molecule has 0 atom stereocenters. The van der Waals surface area contributed by atoms with Gasteiger partial charge in [0.05, 0.1) is 11.5 Å². The van der Waals surface area contributed by atoms with E-state index in [2.05, 4.69) is 40.2 Å². The van der Waals surface area contributed by atoms with E-state index >= 15 is 0 Å². The Hall–Kier alpha value is -2.48. The van der Waals surface area contributed by atoms with Gasteiger partial charge in [-0.3, -0.25) is 24.7 Å². The van der Waals surface area contributed by atoms with Crippen molar-refractivity contribution in [2.24, 2.45) is 0 Å². The van der Waals surface area contributed by atoms with Gasteiger partial charge in [0.2, 0.25) is 5.91 Å². The van der Waals surface area contributed by atoms with Crippen molar-refractivity contribution in [1.29, 1.82) is 0 Å². The monoisotopic (exact) mass is 402 g/mol. The van der Waals surface area contributed by atoms with Gasteiger partial charge in [0.1, 0.15) is 5.02 Å². The quantitative estimate of drug-likeness (QED) is 0.592. The lowest BCUT2D eigenvalue weighted by Crippen LogP contribution is -2.48. The van der Waals surface area contributed by atoms with E-state index < -0.39 is 4.92 Å². The van der Waals surface area contributed by atoms with Gasteiger partial charge in [0.15, 0.2) is 0 Å². The van der Waals surface area contributed by atoms with Crippen LogP contribution in [0.5, 0.6) is 0 Å². The molecule has 1 heterocycles. The van der Waals surface area contributed by atoms with Crippen LogP contribution in [0.4, 0.5) is 11.4 Å². The average Bonchev–Trinajstić information content (AvgIpc) is 2.66. The van der Waals surface area contributed by atoms with E-state index in [-0.39, 0.29) is 23.2 Å². The maximum Gasteiger partial charge on any atom is 0.289 e. The number of nitrogens with zero attached hydrogens (tertiary/aromatic N) is 3. The molecule has 0 radical (unpaired) electrons. The van der Waals surface area contributed by atoms with Gasteiger partial charge >= 0.3 is 0 Å². The van der Waals surface area contributed by atoms with Crippen molar-refractivity contribution in [2.75, 3.05) is 38.0 Å². The molecule has 1 aliphatic rings. The Balaban J connectivity index is 1.48. The molecular formula is C20H23ClN4O3. The van der Waals surface area contributed by atoms with Crippen molar-refractivity contribution in [3.63, 3.8) is 0 Å². The van der Waals surface area contributed by atoms with Crippen molar-refractivity contribution < 1.29 is 9.72 Å². The van der Waals surface area contributed by atoms with Crippen molar-refractivity contribution in [1.82, 2.24) is 9.80 Å². The molecule has 0 unspecified atom stereocenters. The first-order chi connectivity index (χ1) is 13.4. The zero-order valence-electron chi connectivity index (χ0n) is 15.7. The Kier molecular flexibility index (Phi) is 6.61. The first-order valence-electron chi connectivity index (χ1n) is 9.15. The minimum atomic E-state index is -0.564. The molecule has 2 aromatic carbocycles. The van der Waals surface area contributed by atoms with Crippen LogP contribution in [-0.4, -0.2) is 53.4 Å². The second-order valence-electron chi connectivity index (χ2n) is 6.95. The maximum atomic E-state index is 12.3. The minimum absolute atomic E-state index is 0.0489. The largest absolute Gasteiger partial charge is 0.325 e. The number of nitrogens with one attached hydrogen (secondary N) is 1. The van der Waals surface area contributed by atoms with E-state index in [1.807, 2.05) is 6.07 Å². The van der Waals surface area contributed by atoms with Gasteiger partial charge in [-0.05, 0) is 30.2 Å². The molecule has 1 fully saturated rings. The Bertz CT molecular complexity index is 866. The highest BCUT2D eigenvalue weighted by atomic mass is 35.5. The molecule has 1 saturated heterocycles. The van der Waals surface area contributed by atoms with Crippen molar-refractivity contribution in [3.05, 3.63) is 68.7 Å². The highest BCUT2D eigenvalue weighted by Gasteiger charge is 2.20. The number of nitro groups is 1. The molecule has 0 spiro atoms. The van der Waals surface area contributed by atoms with Crippen LogP contribution in [0, 0.1) is 17.0 Å². The third kappa shape index (κ3) is 5.28. The molecule has 0 bridgehead atoms. The van der Waals surface area contributed by atoms with Gasteiger partial charge in [-0.2, -0.15) is 0 Å². The molecule has 0 aromatic heterocycles. The fraction of sp³-hybridized carbons (Fsp3) is 0.350. The number of anilines is 1. The third-order valence-corrected chi connectivity index (χ3v) is 5.23. The number of benzene rings is 2. The lowest BCUT2D eigenvalue weighted by atomic mass is 10.1. The summed E-state index contributed by atoms with van der Waals surface area (Å²) in [5.41, 5.74) is 2.78. The number of aryl methyl sites for hydroxylation is 1. The molecule has 1 N–H and O–H groups in total. The Morgan fingerprint density at radius 3 is 2.50 bits per heavy atom. The number of rotatable bonds is 6. The Morgan fingerprint density at radius 2 is 1.82 bits per heavy atom. The summed E-state index contributed by atoms with van der Waals surface area (Å²) in [6.45, 7) is 6.70. The molecule has 1 amide bonds. The number of hydrogen-bond acceptors (Lipinski definition) is 5. The molecule has 1 aliphatic heterocycles. The minimum Gasteiger partial charge on any atom is -0.325 e. The summed E-state index contributed by atoms with van der Waals surface area (Å²) < 4.78 is 0. The van der Waals surface area contributed by atoms with Crippen LogP contribution < -0.4 is 5.32 Å². The molecule has 148 valence electrons. The summed E-state index contributed by atoms with van der Waals surface area (Å²) in [5.74, 6) is -0.191. The van der Waals surface area contributed by atoms with Crippen LogP contribution in [0.2, 0.25) is 5.02 Å². The van der Waals surface area contributed by atoms with E-state index in [0.717, 1.165) is 32.7 Å². The molecule has 0 saturated carbocycles. The molecule has 0 aliphatic carbocycles. The van der Waals surface area contributed by atoms with Gasteiger partial charge in [-0.1, -0.05) is 35.9 Å². The van der Waals surface area contributed by atoms with E-state index in [0.29, 0.717) is 5.69 Å². The van der Waals surface area contributed by atoms with Crippen LogP contribution in [0.3, 0.4) is 0 Å². The summed E-state index contributed by atoms with van der Waals surface area (Å²) >= 11 is 5.80. The van der Waals surface area contributed by atoms with Crippen LogP contribution in [0.25, 0.3) is 0 Å². The highest BCUT2D eigenvalue weighted by molar-refractivity contribution is 6.32. The number of carbonyl (C=O) groups excluding carboxylic acids is 1. The van der Waals surface area contributed by atoms with Gasteiger partial charge in [-0.15, -0.1) is 0 Å². The second-order valence-corrected chi connectivity index (χ2v) is 7.36. The van der Waals surface area contributed by atoms with E-state index in [1.54, 1.807) is 6.07 Å². The van der Waals surface area contributed by atoms with Gasteiger partial charge < -0.3 is 5.32 Å². The second kappa shape index (κ2) is 9.14. The van der Waals surface area contributed by atoms with Crippen LogP contribution in [-0.2, 0) is 11.3 Å². The van der Waals surface area contributed by atoms with Crippen LogP contribution in [0.15, 0.2) is 42.5 Å². The summed E-state index contributed by atoms with van der Waals surface area (Å²) in [4.78, 5) is 27.2. The van der Waals surface area contributed by atoms with Gasteiger partial charge in [0.25, 0.3) is 5.69 Å². The maximum absolute atomic E-state index is 12.3. The molecule has 7 nitrogen and oxygen atoms in total. The number of hydrogen-bond donors (Lipinski definition) is 1. The lowest BCUT2D eigenvalue weighted by Gasteiger charge is -2.34. The first-order valence-corrected chi connectivity index (χ1v) is 9.53. The van der Waals surface area contributed by atoms with E-state index in [1.165, 1.54) is 23.3 Å². The summed E-state index contributed by atoms with van der Waals surface area (Å²) in [6.07, 6.45) is 0. The summed E-state index contributed by atoms with van der Waals surface area (Å²) in [6, 6.07) is 12.6. The standard InChI is InChI=1S/C20H23ClN4O3/c1-15-4-2-3-5-16(15)13-23-8-10-24(11-9-23)14-20(26)22-17-6-7-18(21)19(12-17)25(27)28/h2-7,12H,8-11,13-14H2,1H3,(H,22,26). The van der Waals surface area contributed by atoms with Crippen LogP contribution >= 0.6 is 11.6 Å². The third-order valence-electron chi connectivity index (χ3n) is 4.91. The SMILES string of the molecule is Cc1ccccc1CN1CCN(CC(=O)Nc2ccc(Cl)c([N+](=O)[O-])c2)CC1. The average molecular weight is 403 g/mol. The summed E-state index contributed by atoms with van der Waals surface area (Å²) in [7, 11) is 0. The number of amides is 1. The number of halogens is 1. The predicted octanol–water partition coefficient (Wildman–Crippen LogP) is 3.31. The topological polar surface area (TPSA) is 78.7 Å². The predicted molar refractivity (Wildman–Crippen MR) is 110 cm³/mol. The Morgan fingerprint density at radius 1 is 1.14 bits per heavy atom. The van der Waals surface area contributed by atoms with Gasteiger partial charge in [-0.25, -0.2) is 0 Å². The van der Waals surface area contributed by atoms with Gasteiger partial charge in [0, 0.05) is 44.5 Å². The van der Waals surface area contributed by atoms with E-state index in [9.17, 15) is 14.9 Å². The smallest absolute Gasteiger partial charge is 0.289 e. The molecule has 28 heavy (non-hydrogen) atoms. The molecule has 3 rings (SSSR count). The number of carbonyl (C=O) groups is 1. The van der Waals surface area contributed by atoms with Crippen molar-refractivity contribution in [2.45, 2.75) is 13.5 Å². The molecular weight excluding hydrogens is 380 g/mol. The number of nitro benzene ring substituents is 1. The summed E-state index contributed by atoms with van der Waals surface area (Å²) in [5, 5.41) is 13.7. The first kappa shape index (κ1) is 20.3. The zero-order chi connectivity index (χ0) is 20.1. The highest BCUT2D eigenvalue weighted by Crippen LogP contribution is 2.27. The lowest BCUT2D eigenvalue weighted by molar-refractivity contribution is -0.384. The fourth-order valence-electron chi connectivity index (χ4n) is 3.27. The fourth-order valence-corrected chi connectivity index (χ4v) is 3.45.